The standard InChI is InChI=1S/C19H24N4O3S/c1-4-23(16-10-11-27(25,26)13-16)19-20-14(2)12-17(21-19)18(24)22(3)15-8-6-5-7-9-15/h5-9,12,16H,4,10-11,13H2,1-3H3. The van der Waals surface area contributed by atoms with Gasteiger partial charge in [-0.05, 0) is 38.5 Å². The molecule has 27 heavy (non-hydrogen) atoms. The predicted octanol–water partition coefficient (Wildman–Crippen LogP) is 2.08. The highest BCUT2D eigenvalue weighted by molar-refractivity contribution is 7.91. The number of aromatic nitrogens is 2. The number of nitrogens with zero attached hydrogens (tertiary/aromatic N) is 4. The molecule has 0 bridgehead atoms. The summed E-state index contributed by atoms with van der Waals surface area (Å²) in [6, 6.07) is 10.8. The summed E-state index contributed by atoms with van der Waals surface area (Å²) < 4.78 is 23.7. The van der Waals surface area contributed by atoms with E-state index in [0.717, 1.165) is 5.69 Å². The normalized spacial score (nSPS) is 18.3. The first-order valence-electron chi connectivity index (χ1n) is 8.96. The lowest BCUT2D eigenvalue weighted by Gasteiger charge is -2.27. The van der Waals surface area contributed by atoms with Crippen LogP contribution < -0.4 is 9.80 Å². The average Bonchev–Trinajstić information content (AvgIpc) is 3.01. The fraction of sp³-hybridized carbons (Fsp3) is 0.421. The second-order valence-electron chi connectivity index (χ2n) is 6.74. The molecule has 8 heteroatoms. The Morgan fingerprint density at radius 2 is 1.93 bits per heavy atom. The molecular formula is C19H24N4O3S. The first-order chi connectivity index (χ1) is 12.8. The molecule has 7 nitrogen and oxygen atoms in total. The van der Waals surface area contributed by atoms with Crippen LogP contribution in [0, 0.1) is 6.92 Å². The van der Waals surface area contributed by atoms with Crippen molar-refractivity contribution < 1.29 is 13.2 Å². The number of rotatable bonds is 5. The van der Waals surface area contributed by atoms with Crippen molar-refractivity contribution in [3.63, 3.8) is 0 Å². The number of benzene rings is 1. The number of para-hydroxylation sites is 1. The van der Waals surface area contributed by atoms with E-state index in [1.165, 1.54) is 0 Å². The van der Waals surface area contributed by atoms with Crippen LogP contribution in [0.15, 0.2) is 36.4 Å². The molecule has 1 fully saturated rings. The van der Waals surface area contributed by atoms with Crippen LogP contribution in [0.1, 0.15) is 29.5 Å². The summed E-state index contributed by atoms with van der Waals surface area (Å²) in [7, 11) is -1.31. The van der Waals surface area contributed by atoms with E-state index in [1.807, 2.05) is 49.1 Å². The highest BCUT2D eigenvalue weighted by atomic mass is 32.2. The second kappa shape index (κ2) is 7.64. The number of aryl methyl sites for hydroxylation is 1. The van der Waals surface area contributed by atoms with Gasteiger partial charge in [0.15, 0.2) is 9.84 Å². The Bertz CT molecular complexity index is 931. The molecule has 1 saturated heterocycles. The number of carbonyl (C=O) groups is 1. The minimum atomic E-state index is -3.02. The van der Waals surface area contributed by atoms with Crippen molar-refractivity contribution in [2.75, 3.05) is 34.9 Å². The summed E-state index contributed by atoms with van der Waals surface area (Å²) in [5.41, 5.74) is 1.74. The number of hydrogen-bond acceptors (Lipinski definition) is 6. The Morgan fingerprint density at radius 3 is 2.52 bits per heavy atom. The summed E-state index contributed by atoms with van der Waals surface area (Å²) in [6.45, 7) is 4.32. The molecule has 0 N–H and O–H groups in total. The lowest BCUT2D eigenvalue weighted by molar-refractivity contribution is 0.0988. The molecule has 0 radical (unpaired) electrons. The molecule has 144 valence electrons. The molecule has 1 aliphatic rings. The van der Waals surface area contributed by atoms with Crippen LogP contribution in [0.3, 0.4) is 0 Å². The van der Waals surface area contributed by atoms with E-state index in [1.54, 1.807) is 18.0 Å². The van der Waals surface area contributed by atoms with Gasteiger partial charge in [-0.3, -0.25) is 4.79 Å². The minimum Gasteiger partial charge on any atom is -0.337 e. The molecule has 1 unspecified atom stereocenters. The van der Waals surface area contributed by atoms with E-state index < -0.39 is 9.84 Å². The van der Waals surface area contributed by atoms with Gasteiger partial charge in [-0.2, -0.15) is 0 Å². The van der Waals surface area contributed by atoms with Gasteiger partial charge in [0, 0.05) is 31.0 Å². The predicted molar refractivity (Wildman–Crippen MR) is 106 cm³/mol. The van der Waals surface area contributed by atoms with Gasteiger partial charge in [0.05, 0.1) is 11.5 Å². The van der Waals surface area contributed by atoms with Gasteiger partial charge in [0.25, 0.3) is 5.91 Å². The zero-order valence-corrected chi connectivity index (χ0v) is 16.6. The van der Waals surface area contributed by atoms with E-state index in [9.17, 15) is 13.2 Å². The monoisotopic (exact) mass is 388 g/mol. The van der Waals surface area contributed by atoms with Crippen LogP contribution in [0.2, 0.25) is 0 Å². The molecule has 0 saturated carbocycles. The smallest absolute Gasteiger partial charge is 0.276 e. The fourth-order valence-corrected chi connectivity index (χ4v) is 5.05. The molecule has 1 aromatic heterocycles. The topological polar surface area (TPSA) is 83.5 Å². The summed E-state index contributed by atoms with van der Waals surface area (Å²) in [6.07, 6.45) is 0.556. The van der Waals surface area contributed by atoms with Gasteiger partial charge in [-0.15, -0.1) is 0 Å². The largest absolute Gasteiger partial charge is 0.337 e. The molecule has 3 rings (SSSR count). The molecule has 1 aliphatic heterocycles. The molecular weight excluding hydrogens is 364 g/mol. The van der Waals surface area contributed by atoms with Crippen LogP contribution in [0.4, 0.5) is 11.6 Å². The number of carbonyl (C=O) groups excluding carboxylic acids is 1. The van der Waals surface area contributed by atoms with E-state index in [2.05, 4.69) is 9.97 Å². The molecule has 0 aliphatic carbocycles. The molecule has 1 atom stereocenters. The van der Waals surface area contributed by atoms with Crippen molar-refractivity contribution in [2.45, 2.75) is 26.3 Å². The van der Waals surface area contributed by atoms with Crippen LogP contribution in [-0.2, 0) is 9.84 Å². The first-order valence-corrected chi connectivity index (χ1v) is 10.8. The number of hydrogen-bond donors (Lipinski definition) is 0. The lowest BCUT2D eigenvalue weighted by Crippen LogP contribution is -2.38. The Kier molecular flexibility index (Phi) is 5.46. The SMILES string of the molecule is CCN(c1nc(C)cc(C(=O)N(C)c2ccccc2)n1)C1CCS(=O)(=O)C1. The Hall–Kier alpha value is -2.48. The minimum absolute atomic E-state index is 0.103. The van der Waals surface area contributed by atoms with Crippen LogP contribution in [-0.4, -0.2) is 55.4 Å². The van der Waals surface area contributed by atoms with Crippen LogP contribution in [0.5, 0.6) is 0 Å². The van der Waals surface area contributed by atoms with Crippen molar-refractivity contribution in [1.29, 1.82) is 0 Å². The second-order valence-corrected chi connectivity index (χ2v) is 8.97. The van der Waals surface area contributed by atoms with Gasteiger partial charge in [0.2, 0.25) is 5.95 Å². The maximum absolute atomic E-state index is 12.9. The third kappa shape index (κ3) is 4.27. The molecule has 1 amide bonds. The maximum atomic E-state index is 12.9. The quantitative estimate of drug-likeness (QED) is 0.780. The maximum Gasteiger partial charge on any atom is 0.276 e. The van der Waals surface area contributed by atoms with Gasteiger partial charge in [-0.25, -0.2) is 18.4 Å². The Labute approximate surface area is 160 Å². The van der Waals surface area contributed by atoms with Crippen molar-refractivity contribution in [2.24, 2.45) is 0 Å². The zero-order chi connectivity index (χ0) is 19.6. The summed E-state index contributed by atoms with van der Waals surface area (Å²) in [5, 5.41) is 0. The van der Waals surface area contributed by atoms with Crippen molar-refractivity contribution in [1.82, 2.24) is 9.97 Å². The molecule has 2 aromatic rings. The van der Waals surface area contributed by atoms with Gasteiger partial charge in [-0.1, -0.05) is 18.2 Å². The lowest BCUT2D eigenvalue weighted by atomic mass is 10.2. The summed E-state index contributed by atoms with van der Waals surface area (Å²) >= 11 is 0. The van der Waals surface area contributed by atoms with E-state index in [4.69, 9.17) is 0 Å². The number of amides is 1. The first kappa shape index (κ1) is 19.3. The van der Waals surface area contributed by atoms with Gasteiger partial charge < -0.3 is 9.80 Å². The summed E-state index contributed by atoms with van der Waals surface area (Å²) in [4.78, 5) is 25.3. The molecule has 1 aromatic carbocycles. The number of anilines is 2. The fourth-order valence-electron chi connectivity index (χ4n) is 3.32. The van der Waals surface area contributed by atoms with Crippen molar-refractivity contribution in [3.8, 4) is 0 Å². The zero-order valence-electron chi connectivity index (χ0n) is 15.8. The highest BCUT2D eigenvalue weighted by Gasteiger charge is 2.33. The molecule has 0 spiro atoms. The Morgan fingerprint density at radius 1 is 1.22 bits per heavy atom. The number of sulfone groups is 1. The van der Waals surface area contributed by atoms with Crippen LogP contribution in [0.25, 0.3) is 0 Å². The van der Waals surface area contributed by atoms with E-state index >= 15 is 0 Å². The van der Waals surface area contributed by atoms with Gasteiger partial charge >= 0.3 is 0 Å². The van der Waals surface area contributed by atoms with E-state index in [-0.39, 0.29) is 23.5 Å². The summed E-state index contributed by atoms with van der Waals surface area (Å²) in [5.74, 6) is 0.459. The Balaban J connectivity index is 1.90. The average molecular weight is 388 g/mol. The third-order valence-electron chi connectivity index (χ3n) is 4.76. The van der Waals surface area contributed by atoms with Crippen molar-refractivity contribution >= 4 is 27.4 Å². The van der Waals surface area contributed by atoms with Gasteiger partial charge in [0.1, 0.15) is 5.69 Å². The van der Waals surface area contributed by atoms with E-state index in [0.29, 0.717) is 30.3 Å². The third-order valence-corrected chi connectivity index (χ3v) is 6.51. The highest BCUT2D eigenvalue weighted by Crippen LogP contribution is 2.23. The molecule has 2 heterocycles. The van der Waals surface area contributed by atoms with Crippen molar-refractivity contribution in [3.05, 3.63) is 47.8 Å². The van der Waals surface area contributed by atoms with Crippen LogP contribution >= 0.6 is 0 Å².